The highest BCUT2D eigenvalue weighted by Gasteiger charge is 2.08. The summed E-state index contributed by atoms with van der Waals surface area (Å²) in [7, 11) is 1.92. The summed E-state index contributed by atoms with van der Waals surface area (Å²) in [5.41, 5.74) is 8.15. The molecule has 0 radical (unpaired) electrons. The molecule has 2 aromatic rings. The van der Waals surface area contributed by atoms with Crippen LogP contribution in [0.15, 0.2) is 36.5 Å². The van der Waals surface area contributed by atoms with E-state index in [1.807, 2.05) is 24.0 Å². The van der Waals surface area contributed by atoms with Crippen LogP contribution in [-0.4, -0.2) is 39.5 Å². The van der Waals surface area contributed by atoms with Crippen LogP contribution in [0.1, 0.15) is 11.3 Å². The minimum atomic E-state index is 0.667. The molecule has 0 aliphatic carbocycles. The molecular weight excluding hydrogens is 238 g/mol. The quantitative estimate of drug-likeness (QED) is 0.799. The van der Waals surface area contributed by atoms with Crippen molar-refractivity contribution in [1.29, 1.82) is 0 Å². The van der Waals surface area contributed by atoms with Crippen LogP contribution in [0.2, 0.25) is 0 Å². The number of hydrogen-bond acceptors (Lipinski definition) is 4. The maximum absolute atomic E-state index is 5.69. The van der Waals surface area contributed by atoms with Gasteiger partial charge in [0.05, 0.1) is 11.9 Å². The lowest BCUT2D eigenvalue weighted by atomic mass is 10.1. The standard InChI is InChI=1S/C14H21N5/c1-18-14(11-16-17-18)12-19(10-8-15)9-7-13-5-3-2-4-6-13/h2-6,11H,7-10,12,15H2,1H3. The smallest absolute Gasteiger partial charge is 0.0738 e. The van der Waals surface area contributed by atoms with Crippen LogP contribution < -0.4 is 5.73 Å². The topological polar surface area (TPSA) is 60.0 Å². The number of nitrogens with two attached hydrogens (primary N) is 1. The highest BCUT2D eigenvalue weighted by atomic mass is 15.4. The molecule has 0 aliphatic rings. The minimum absolute atomic E-state index is 0.667. The van der Waals surface area contributed by atoms with E-state index in [1.165, 1.54) is 5.56 Å². The number of aryl methyl sites for hydroxylation is 1. The van der Waals surface area contributed by atoms with Crippen LogP contribution in [-0.2, 0) is 20.0 Å². The van der Waals surface area contributed by atoms with Crippen LogP contribution in [0.3, 0.4) is 0 Å². The second kappa shape index (κ2) is 7.01. The maximum Gasteiger partial charge on any atom is 0.0738 e. The zero-order valence-corrected chi connectivity index (χ0v) is 11.4. The Morgan fingerprint density at radius 3 is 2.63 bits per heavy atom. The Kier molecular flexibility index (Phi) is 5.06. The third-order valence-electron chi connectivity index (χ3n) is 3.20. The van der Waals surface area contributed by atoms with E-state index < -0.39 is 0 Å². The van der Waals surface area contributed by atoms with E-state index in [0.717, 1.165) is 31.7 Å². The molecule has 1 heterocycles. The Bertz CT molecular complexity index is 480. The van der Waals surface area contributed by atoms with Gasteiger partial charge in [-0.25, -0.2) is 0 Å². The Morgan fingerprint density at radius 1 is 1.21 bits per heavy atom. The maximum atomic E-state index is 5.69. The van der Waals surface area contributed by atoms with Crippen LogP contribution in [0, 0.1) is 0 Å². The lowest BCUT2D eigenvalue weighted by Crippen LogP contribution is -2.31. The summed E-state index contributed by atoms with van der Waals surface area (Å²) in [6.45, 7) is 3.39. The first kappa shape index (κ1) is 13.7. The summed E-state index contributed by atoms with van der Waals surface area (Å²) in [5.74, 6) is 0. The summed E-state index contributed by atoms with van der Waals surface area (Å²) in [4.78, 5) is 2.34. The second-order valence-corrected chi connectivity index (χ2v) is 4.65. The largest absolute Gasteiger partial charge is 0.329 e. The van der Waals surface area contributed by atoms with Gasteiger partial charge in [0.25, 0.3) is 0 Å². The Morgan fingerprint density at radius 2 is 2.00 bits per heavy atom. The van der Waals surface area contributed by atoms with Crippen LogP contribution in [0.5, 0.6) is 0 Å². The average molecular weight is 259 g/mol. The lowest BCUT2D eigenvalue weighted by Gasteiger charge is -2.21. The van der Waals surface area contributed by atoms with Gasteiger partial charge >= 0.3 is 0 Å². The Balaban J connectivity index is 1.91. The number of nitrogens with zero attached hydrogens (tertiary/aromatic N) is 4. The predicted molar refractivity (Wildman–Crippen MR) is 75.5 cm³/mol. The zero-order chi connectivity index (χ0) is 13.5. The molecule has 2 N–H and O–H groups in total. The Hall–Kier alpha value is -1.72. The van der Waals surface area contributed by atoms with Crippen molar-refractivity contribution in [2.24, 2.45) is 12.8 Å². The highest BCUT2D eigenvalue weighted by Crippen LogP contribution is 2.05. The fourth-order valence-electron chi connectivity index (χ4n) is 2.07. The molecule has 0 aliphatic heterocycles. The molecule has 1 aromatic heterocycles. The fourth-order valence-corrected chi connectivity index (χ4v) is 2.07. The van der Waals surface area contributed by atoms with Gasteiger partial charge in [-0.3, -0.25) is 9.58 Å². The van der Waals surface area contributed by atoms with Crippen molar-refractivity contribution in [1.82, 2.24) is 19.9 Å². The zero-order valence-electron chi connectivity index (χ0n) is 11.4. The molecule has 5 nitrogen and oxygen atoms in total. The highest BCUT2D eigenvalue weighted by molar-refractivity contribution is 5.14. The van der Waals surface area contributed by atoms with Crippen LogP contribution >= 0.6 is 0 Å². The van der Waals surface area contributed by atoms with Crippen molar-refractivity contribution >= 4 is 0 Å². The van der Waals surface area contributed by atoms with Crippen molar-refractivity contribution < 1.29 is 0 Å². The third-order valence-corrected chi connectivity index (χ3v) is 3.20. The number of rotatable bonds is 7. The van der Waals surface area contributed by atoms with Crippen molar-refractivity contribution in [3.05, 3.63) is 47.8 Å². The molecule has 0 unspecified atom stereocenters. The summed E-state index contributed by atoms with van der Waals surface area (Å²) >= 11 is 0. The summed E-state index contributed by atoms with van der Waals surface area (Å²) in [5, 5.41) is 7.87. The first-order valence-corrected chi connectivity index (χ1v) is 6.59. The molecular formula is C14H21N5. The average Bonchev–Trinajstić information content (AvgIpc) is 2.83. The van der Waals surface area contributed by atoms with Gasteiger partial charge in [-0.2, -0.15) is 0 Å². The molecule has 0 atom stereocenters. The molecule has 2 rings (SSSR count). The number of aromatic nitrogens is 3. The number of hydrogen-bond donors (Lipinski definition) is 1. The molecule has 5 heteroatoms. The Labute approximate surface area is 114 Å². The van der Waals surface area contributed by atoms with Gasteiger partial charge in [0.2, 0.25) is 0 Å². The van der Waals surface area contributed by atoms with Gasteiger partial charge < -0.3 is 5.73 Å². The van der Waals surface area contributed by atoms with Gasteiger partial charge in [0.15, 0.2) is 0 Å². The van der Waals surface area contributed by atoms with E-state index in [4.69, 9.17) is 5.73 Å². The van der Waals surface area contributed by atoms with E-state index >= 15 is 0 Å². The lowest BCUT2D eigenvalue weighted by molar-refractivity contribution is 0.269. The van der Waals surface area contributed by atoms with Crippen molar-refractivity contribution in [2.45, 2.75) is 13.0 Å². The molecule has 0 amide bonds. The fraction of sp³-hybridized carbons (Fsp3) is 0.429. The van der Waals surface area contributed by atoms with Crippen LogP contribution in [0.4, 0.5) is 0 Å². The molecule has 102 valence electrons. The molecule has 1 aromatic carbocycles. The van der Waals surface area contributed by atoms with Gasteiger partial charge in [-0.15, -0.1) is 5.10 Å². The molecule has 0 bridgehead atoms. The first-order chi connectivity index (χ1) is 9.29. The van der Waals surface area contributed by atoms with E-state index in [9.17, 15) is 0 Å². The molecule has 0 spiro atoms. The molecule has 19 heavy (non-hydrogen) atoms. The van der Waals surface area contributed by atoms with E-state index in [0.29, 0.717) is 6.54 Å². The molecule has 0 saturated carbocycles. The molecule has 0 saturated heterocycles. The molecule has 0 fully saturated rings. The number of benzene rings is 1. The SMILES string of the molecule is Cn1nncc1CN(CCN)CCc1ccccc1. The third kappa shape index (κ3) is 4.15. The van der Waals surface area contributed by atoms with Crippen molar-refractivity contribution in [2.75, 3.05) is 19.6 Å². The van der Waals surface area contributed by atoms with Gasteiger partial charge in [-0.1, -0.05) is 35.5 Å². The van der Waals surface area contributed by atoms with Crippen molar-refractivity contribution in [3.8, 4) is 0 Å². The minimum Gasteiger partial charge on any atom is -0.329 e. The van der Waals surface area contributed by atoms with E-state index in [1.54, 1.807) is 0 Å². The summed E-state index contributed by atoms with van der Waals surface area (Å²) < 4.78 is 1.81. The van der Waals surface area contributed by atoms with Gasteiger partial charge in [0.1, 0.15) is 0 Å². The van der Waals surface area contributed by atoms with Crippen LogP contribution in [0.25, 0.3) is 0 Å². The summed E-state index contributed by atoms with van der Waals surface area (Å²) in [6, 6.07) is 10.5. The van der Waals surface area contributed by atoms with Gasteiger partial charge in [0, 0.05) is 33.2 Å². The van der Waals surface area contributed by atoms with E-state index in [2.05, 4.69) is 39.5 Å². The second-order valence-electron chi connectivity index (χ2n) is 4.65. The van der Waals surface area contributed by atoms with Gasteiger partial charge in [-0.05, 0) is 12.0 Å². The van der Waals surface area contributed by atoms with E-state index in [-0.39, 0.29) is 0 Å². The summed E-state index contributed by atoms with van der Waals surface area (Å²) in [6.07, 6.45) is 2.85. The predicted octanol–water partition coefficient (Wildman–Crippen LogP) is 0.819. The van der Waals surface area contributed by atoms with Crippen molar-refractivity contribution in [3.63, 3.8) is 0 Å². The monoisotopic (exact) mass is 259 g/mol. The normalized spacial score (nSPS) is 11.1. The first-order valence-electron chi connectivity index (χ1n) is 6.59.